The Hall–Kier alpha value is -1.53. The first-order valence-electron chi connectivity index (χ1n) is 7.05. The molecular weight excluding hydrogens is 236 g/mol. The molecule has 2 rings (SSSR count). The van der Waals surface area contributed by atoms with Gasteiger partial charge in [-0.1, -0.05) is 18.9 Å². The van der Waals surface area contributed by atoms with E-state index < -0.39 is 0 Å². The Morgan fingerprint density at radius 2 is 2.21 bits per heavy atom. The number of nitrogens with zero attached hydrogens (tertiary/aromatic N) is 2. The fourth-order valence-corrected chi connectivity index (χ4v) is 2.74. The van der Waals surface area contributed by atoms with E-state index in [1.807, 2.05) is 12.1 Å². The van der Waals surface area contributed by atoms with Crippen LogP contribution in [0.4, 0.5) is 0 Å². The molecule has 0 amide bonds. The van der Waals surface area contributed by atoms with Crippen molar-refractivity contribution in [1.82, 2.24) is 4.90 Å². The quantitative estimate of drug-likeness (QED) is 0.834. The molecule has 0 N–H and O–H groups in total. The molecule has 0 radical (unpaired) electrons. The summed E-state index contributed by atoms with van der Waals surface area (Å²) in [6, 6.07) is 8.76. The molecule has 0 aliphatic carbocycles. The molecule has 1 fully saturated rings. The molecule has 0 aromatic heterocycles. The van der Waals surface area contributed by atoms with Crippen LogP contribution in [0.15, 0.2) is 18.2 Å². The predicted octanol–water partition coefficient (Wildman–Crippen LogP) is 3.33. The molecule has 1 aliphatic rings. The molecule has 0 bridgehead atoms. The molecule has 1 unspecified atom stereocenters. The SMILES string of the molecule is COc1ccc(CN2CCCCCC2C)cc1C#N. The third-order valence-electron chi connectivity index (χ3n) is 3.96. The molecule has 19 heavy (non-hydrogen) atoms. The van der Waals surface area contributed by atoms with E-state index >= 15 is 0 Å². The Morgan fingerprint density at radius 1 is 1.37 bits per heavy atom. The van der Waals surface area contributed by atoms with Crippen molar-refractivity contribution in [2.45, 2.75) is 45.2 Å². The summed E-state index contributed by atoms with van der Waals surface area (Å²) >= 11 is 0. The van der Waals surface area contributed by atoms with E-state index in [1.165, 1.54) is 31.2 Å². The monoisotopic (exact) mass is 258 g/mol. The largest absolute Gasteiger partial charge is 0.495 e. The molecule has 3 nitrogen and oxygen atoms in total. The van der Waals surface area contributed by atoms with Crippen molar-refractivity contribution in [3.63, 3.8) is 0 Å². The Labute approximate surface area is 115 Å². The fraction of sp³-hybridized carbons (Fsp3) is 0.562. The van der Waals surface area contributed by atoms with Crippen molar-refractivity contribution in [2.24, 2.45) is 0 Å². The number of nitriles is 1. The van der Waals surface area contributed by atoms with E-state index in [0.29, 0.717) is 17.4 Å². The maximum absolute atomic E-state index is 9.13. The topological polar surface area (TPSA) is 36.3 Å². The lowest BCUT2D eigenvalue weighted by atomic mass is 10.1. The molecule has 102 valence electrons. The number of benzene rings is 1. The molecule has 1 aromatic rings. The van der Waals surface area contributed by atoms with Crippen molar-refractivity contribution in [2.75, 3.05) is 13.7 Å². The number of hydrogen-bond acceptors (Lipinski definition) is 3. The van der Waals surface area contributed by atoms with Gasteiger partial charge in [-0.15, -0.1) is 0 Å². The van der Waals surface area contributed by atoms with E-state index in [4.69, 9.17) is 10.00 Å². The second-order valence-corrected chi connectivity index (χ2v) is 5.32. The Kier molecular flexibility index (Phi) is 4.81. The van der Waals surface area contributed by atoms with Gasteiger partial charge >= 0.3 is 0 Å². The van der Waals surface area contributed by atoms with Crippen molar-refractivity contribution in [1.29, 1.82) is 5.26 Å². The standard InChI is InChI=1S/C16H22N2O/c1-13-6-4-3-5-9-18(13)12-14-7-8-16(19-2)15(10-14)11-17/h7-8,10,13H,3-6,9,12H2,1-2H3. The van der Waals surface area contributed by atoms with Crippen LogP contribution in [0.3, 0.4) is 0 Å². The minimum atomic E-state index is 0.627. The number of ether oxygens (including phenoxy) is 1. The third kappa shape index (κ3) is 3.48. The molecule has 3 heteroatoms. The van der Waals surface area contributed by atoms with Crippen LogP contribution in [0.1, 0.15) is 43.7 Å². The van der Waals surface area contributed by atoms with Crippen molar-refractivity contribution >= 4 is 0 Å². The van der Waals surface area contributed by atoms with Crippen LogP contribution in [0.5, 0.6) is 5.75 Å². The van der Waals surface area contributed by atoms with Crippen LogP contribution in [0.2, 0.25) is 0 Å². The minimum Gasteiger partial charge on any atom is -0.495 e. The summed E-state index contributed by atoms with van der Waals surface area (Å²) < 4.78 is 5.19. The number of hydrogen-bond donors (Lipinski definition) is 0. The van der Waals surface area contributed by atoms with Gasteiger partial charge in [-0.25, -0.2) is 0 Å². The van der Waals surface area contributed by atoms with Gasteiger partial charge < -0.3 is 4.74 Å². The molecule has 1 saturated heterocycles. The first-order chi connectivity index (χ1) is 9.24. The summed E-state index contributed by atoms with van der Waals surface area (Å²) in [4.78, 5) is 2.52. The summed E-state index contributed by atoms with van der Waals surface area (Å²) in [5.41, 5.74) is 1.83. The zero-order chi connectivity index (χ0) is 13.7. The van der Waals surface area contributed by atoms with Gasteiger partial charge in [0.2, 0.25) is 0 Å². The third-order valence-corrected chi connectivity index (χ3v) is 3.96. The Bertz CT molecular complexity index is 464. The van der Waals surface area contributed by atoms with Gasteiger partial charge in [0, 0.05) is 12.6 Å². The highest BCUT2D eigenvalue weighted by Crippen LogP contribution is 2.22. The lowest BCUT2D eigenvalue weighted by Crippen LogP contribution is -2.31. The van der Waals surface area contributed by atoms with E-state index in [2.05, 4.69) is 24.0 Å². The van der Waals surface area contributed by atoms with Gasteiger partial charge in [0.1, 0.15) is 11.8 Å². The smallest absolute Gasteiger partial charge is 0.136 e. The molecule has 0 saturated carbocycles. The first kappa shape index (κ1) is 13.9. The highest BCUT2D eigenvalue weighted by molar-refractivity contribution is 5.45. The molecular formula is C16H22N2O. The van der Waals surface area contributed by atoms with E-state index in [1.54, 1.807) is 7.11 Å². The highest BCUT2D eigenvalue weighted by atomic mass is 16.5. The normalized spacial score (nSPS) is 20.6. The number of likely N-dealkylation sites (tertiary alicyclic amines) is 1. The summed E-state index contributed by atoms with van der Waals surface area (Å²) in [7, 11) is 1.60. The molecule has 0 spiro atoms. The minimum absolute atomic E-state index is 0.627. The van der Waals surface area contributed by atoms with Crippen LogP contribution in [-0.2, 0) is 6.54 Å². The average molecular weight is 258 g/mol. The number of methoxy groups -OCH3 is 1. The van der Waals surface area contributed by atoms with Crippen LogP contribution < -0.4 is 4.74 Å². The average Bonchev–Trinajstić information content (AvgIpc) is 2.64. The zero-order valence-electron chi connectivity index (χ0n) is 11.9. The van der Waals surface area contributed by atoms with E-state index in [9.17, 15) is 0 Å². The Balaban J connectivity index is 2.12. The van der Waals surface area contributed by atoms with Crippen LogP contribution >= 0.6 is 0 Å². The zero-order valence-corrected chi connectivity index (χ0v) is 11.9. The number of rotatable bonds is 3. The first-order valence-corrected chi connectivity index (χ1v) is 7.05. The molecule has 1 atom stereocenters. The summed E-state index contributed by atoms with van der Waals surface area (Å²) in [6.45, 7) is 4.40. The van der Waals surface area contributed by atoms with Crippen LogP contribution in [-0.4, -0.2) is 24.6 Å². The second kappa shape index (κ2) is 6.58. The predicted molar refractivity (Wildman–Crippen MR) is 76.0 cm³/mol. The molecule has 1 aromatic carbocycles. The van der Waals surface area contributed by atoms with Crippen LogP contribution in [0, 0.1) is 11.3 Å². The van der Waals surface area contributed by atoms with Gasteiger partial charge in [-0.3, -0.25) is 4.90 Å². The van der Waals surface area contributed by atoms with Crippen molar-refractivity contribution in [3.8, 4) is 11.8 Å². The Morgan fingerprint density at radius 3 is 2.95 bits per heavy atom. The molecule has 1 aliphatic heterocycles. The van der Waals surface area contributed by atoms with Gasteiger partial charge in [-0.05, 0) is 44.0 Å². The fourth-order valence-electron chi connectivity index (χ4n) is 2.74. The lowest BCUT2D eigenvalue weighted by Gasteiger charge is -2.27. The van der Waals surface area contributed by atoms with Gasteiger partial charge in [0.15, 0.2) is 0 Å². The molecule has 1 heterocycles. The lowest BCUT2D eigenvalue weighted by molar-refractivity contribution is 0.205. The van der Waals surface area contributed by atoms with Crippen molar-refractivity contribution in [3.05, 3.63) is 29.3 Å². The van der Waals surface area contributed by atoms with Crippen LogP contribution in [0.25, 0.3) is 0 Å². The van der Waals surface area contributed by atoms with Gasteiger partial charge in [0.05, 0.1) is 12.7 Å². The second-order valence-electron chi connectivity index (χ2n) is 5.32. The summed E-state index contributed by atoms with van der Waals surface area (Å²) in [5.74, 6) is 0.662. The van der Waals surface area contributed by atoms with Gasteiger partial charge in [-0.2, -0.15) is 5.26 Å². The maximum Gasteiger partial charge on any atom is 0.136 e. The summed E-state index contributed by atoms with van der Waals surface area (Å²) in [6.07, 6.45) is 5.24. The van der Waals surface area contributed by atoms with E-state index in [0.717, 1.165) is 13.1 Å². The van der Waals surface area contributed by atoms with Gasteiger partial charge in [0.25, 0.3) is 0 Å². The highest BCUT2D eigenvalue weighted by Gasteiger charge is 2.17. The maximum atomic E-state index is 9.13. The van der Waals surface area contributed by atoms with E-state index in [-0.39, 0.29) is 0 Å². The van der Waals surface area contributed by atoms with Crippen molar-refractivity contribution < 1.29 is 4.74 Å². The summed E-state index contributed by atoms with van der Waals surface area (Å²) in [5, 5.41) is 9.13.